The molecule has 0 aliphatic rings. The summed E-state index contributed by atoms with van der Waals surface area (Å²) in [4.78, 5) is 0. The van der Waals surface area contributed by atoms with Gasteiger partial charge in [-0.15, -0.1) is 0 Å². The second kappa shape index (κ2) is 6.59. The minimum Gasteiger partial charge on any atom is -0.496 e. The molecule has 1 heterocycles. The Bertz CT molecular complexity index is 526. The molecule has 4 nitrogen and oxygen atoms in total. The summed E-state index contributed by atoms with van der Waals surface area (Å²) in [5.74, 6) is 1.67. The van der Waals surface area contributed by atoms with Crippen LogP contribution in [0.3, 0.4) is 0 Å². The van der Waals surface area contributed by atoms with E-state index in [1.54, 1.807) is 13.4 Å². The molecule has 0 spiro atoms. The maximum Gasteiger partial charge on any atom is 0.124 e. The van der Waals surface area contributed by atoms with E-state index in [1.165, 1.54) is 0 Å². The van der Waals surface area contributed by atoms with Gasteiger partial charge in [-0.05, 0) is 42.7 Å². The Morgan fingerprint density at radius 2 is 2.00 bits per heavy atom. The van der Waals surface area contributed by atoms with Crippen molar-refractivity contribution < 1.29 is 14.3 Å². The van der Waals surface area contributed by atoms with Gasteiger partial charge in [-0.25, -0.2) is 0 Å². The van der Waals surface area contributed by atoms with E-state index in [1.807, 2.05) is 26.0 Å². The minimum absolute atomic E-state index is 0.00162. The van der Waals surface area contributed by atoms with Gasteiger partial charge in [0, 0.05) is 6.54 Å². The molecule has 0 saturated carbocycles. The van der Waals surface area contributed by atoms with Gasteiger partial charge in [0.15, 0.2) is 0 Å². The predicted octanol–water partition coefficient (Wildman–Crippen LogP) is 2.73. The van der Waals surface area contributed by atoms with Gasteiger partial charge in [0.1, 0.15) is 11.5 Å². The van der Waals surface area contributed by atoms with E-state index in [0.29, 0.717) is 6.54 Å². The molecule has 2 rings (SSSR count). The molecule has 1 atom stereocenters. The number of furan rings is 1. The Hall–Kier alpha value is -1.78. The van der Waals surface area contributed by atoms with Crippen molar-refractivity contribution >= 4 is 0 Å². The second-order valence-electron chi connectivity index (χ2n) is 4.89. The maximum atomic E-state index is 9.42. The number of ether oxygens (including phenoxy) is 1. The topological polar surface area (TPSA) is 54.6 Å². The highest BCUT2D eigenvalue weighted by Crippen LogP contribution is 2.24. The fourth-order valence-electron chi connectivity index (χ4n) is 2.45. The van der Waals surface area contributed by atoms with E-state index in [0.717, 1.165) is 28.2 Å². The Morgan fingerprint density at radius 3 is 2.50 bits per heavy atom. The second-order valence-corrected chi connectivity index (χ2v) is 4.89. The quantitative estimate of drug-likeness (QED) is 0.851. The van der Waals surface area contributed by atoms with E-state index in [4.69, 9.17) is 9.15 Å². The number of hydrogen-bond donors (Lipinski definition) is 2. The largest absolute Gasteiger partial charge is 0.496 e. The van der Waals surface area contributed by atoms with E-state index in [9.17, 15) is 5.11 Å². The van der Waals surface area contributed by atoms with Gasteiger partial charge in [-0.3, -0.25) is 0 Å². The average Bonchev–Trinajstić information content (AvgIpc) is 2.93. The first-order chi connectivity index (χ1) is 9.65. The normalized spacial score (nSPS) is 12.4. The molecule has 20 heavy (non-hydrogen) atoms. The molecular weight excluding hydrogens is 254 g/mol. The summed E-state index contributed by atoms with van der Waals surface area (Å²) >= 11 is 0. The molecule has 108 valence electrons. The SMILES string of the molecule is COc1c(C)cc(CNC(CO)c2ccco2)cc1C. The zero-order chi connectivity index (χ0) is 14.5. The van der Waals surface area contributed by atoms with Gasteiger partial charge in [0.2, 0.25) is 0 Å². The summed E-state index contributed by atoms with van der Waals surface area (Å²) < 4.78 is 10.7. The Labute approximate surface area is 119 Å². The molecule has 1 aromatic carbocycles. The molecule has 0 bridgehead atoms. The number of benzene rings is 1. The van der Waals surface area contributed by atoms with Gasteiger partial charge < -0.3 is 19.6 Å². The van der Waals surface area contributed by atoms with Crippen LogP contribution in [-0.2, 0) is 6.54 Å². The Kier molecular flexibility index (Phi) is 4.82. The summed E-state index contributed by atoms with van der Waals surface area (Å²) in [6, 6.07) is 7.68. The number of nitrogens with one attached hydrogen (secondary N) is 1. The third-order valence-electron chi connectivity index (χ3n) is 3.35. The van der Waals surface area contributed by atoms with Crippen LogP contribution in [0.2, 0.25) is 0 Å². The predicted molar refractivity (Wildman–Crippen MR) is 77.8 cm³/mol. The molecule has 0 radical (unpaired) electrons. The van der Waals surface area contributed by atoms with E-state index < -0.39 is 0 Å². The summed E-state index contributed by atoms with van der Waals surface area (Å²) in [5.41, 5.74) is 3.39. The summed E-state index contributed by atoms with van der Waals surface area (Å²) in [7, 11) is 1.69. The summed E-state index contributed by atoms with van der Waals surface area (Å²) in [6.45, 7) is 4.73. The van der Waals surface area contributed by atoms with Crippen molar-refractivity contribution in [2.24, 2.45) is 0 Å². The fraction of sp³-hybridized carbons (Fsp3) is 0.375. The lowest BCUT2D eigenvalue weighted by molar-refractivity contribution is 0.225. The maximum absolute atomic E-state index is 9.42. The lowest BCUT2D eigenvalue weighted by atomic mass is 10.1. The van der Waals surface area contributed by atoms with Crippen molar-refractivity contribution in [3.63, 3.8) is 0 Å². The Balaban J connectivity index is 2.07. The molecule has 0 fully saturated rings. The zero-order valence-corrected chi connectivity index (χ0v) is 12.1. The van der Waals surface area contributed by atoms with Crippen LogP contribution < -0.4 is 10.1 Å². The van der Waals surface area contributed by atoms with Crippen LogP contribution in [0.5, 0.6) is 5.75 Å². The number of aryl methyl sites for hydroxylation is 2. The Morgan fingerprint density at radius 1 is 1.30 bits per heavy atom. The van der Waals surface area contributed by atoms with Crippen LogP contribution in [0.1, 0.15) is 28.5 Å². The van der Waals surface area contributed by atoms with Crippen molar-refractivity contribution in [1.29, 1.82) is 0 Å². The van der Waals surface area contributed by atoms with Crippen LogP contribution in [0.4, 0.5) is 0 Å². The molecule has 0 saturated heterocycles. The highest BCUT2D eigenvalue weighted by Gasteiger charge is 2.13. The smallest absolute Gasteiger partial charge is 0.124 e. The number of aliphatic hydroxyl groups excluding tert-OH is 1. The highest BCUT2D eigenvalue weighted by atomic mass is 16.5. The van der Waals surface area contributed by atoms with Gasteiger partial charge in [-0.2, -0.15) is 0 Å². The van der Waals surface area contributed by atoms with Gasteiger partial charge in [-0.1, -0.05) is 12.1 Å². The number of hydrogen-bond acceptors (Lipinski definition) is 4. The highest BCUT2D eigenvalue weighted by molar-refractivity contribution is 5.43. The van der Waals surface area contributed by atoms with Gasteiger partial charge in [0.25, 0.3) is 0 Å². The summed E-state index contributed by atoms with van der Waals surface area (Å²) in [5, 5.41) is 12.7. The lowest BCUT2D eigenvalue weighted by Gasteiger charge is -2.16. The monoisotopic (exact) mass is 275 g/mol. The van der Waals surface area contributed by atoms with E-state index in [2.05, 4.69) is 17.4 Å². The molecule has 2 N–H and O–H groups in total. The molecular formula is C16H21NO3. The van der Waals surface area contributed by atoms with Gasteiger partial charge in [0.05, 0.1) is 26.0 Å². The minimum atomic E-state index is -0.187. The number of methoxy groups -OCH3 is 1. The molecule has 2 aromatic rings. The number of aliphatic hydroxyl groups is 1. The first-order valence-corrected chi connectivity index (χ1v) is 6.67. The lowest BCUT2D eigenvalue weighted by Crippen LogP contribution is -2.23. The van der Waals surface area contributed by atoms with E-state index in [-0.39, 0.29) is 12.6 Å². The molecule has 1 unspecified atom stereocenters. The molecule has 0 amide bonds. The van der Waals surface area contributed by atoms with Crippen LogP contribution >= 0.6 is 0 Å². The zero-order valence-electron chi connectivity index (χ0n) is 12.1. The van der Waals surface area contributed by atoms with E-state index >= 15 is 0 Å². The third-order valence-corrected chi connectivity index (χ3v) is 3.35. The fourth-order valence-corrected chi connectivity index (χ4v) is 2.45. The standard InChI is InChI=1S/C16H21NO3/c1-11-7-13(8-12(2)16(11)19-3)9-17-14(10-18)15-5-4-6-20-15/h4-8,14,17-18H,9-10H2,1-3H3. The third kappa shape index (κ3) is 3.21. The van der Waals surface area contributed by atoms with Crippen LogP contribution in [-0.4, -0.2) is 18.8 Å². The first kappa shape index (κ1) is 14.6. The van der Waals surface area contributed by atoms with Crippen molar-refractivity contribution in [2.45, 2.75) is 26.4 Å². The molecule has 1 aromatic heterocycles. The van der Waals surface area contributed by atoms with Crippen LogP contribution in [0.15, 0.2) is 34.9 Å². The van der Waals surface area contributed by atoms with Crippen molar-refractivity contribution in [2.75, 3.05) is 13.7 Å². The summed E-state index contributed by atoms with van der Waals surface area (Å²) in [6.07, 6.45) is 1.61. The van der Waals surface area contributed by atoms with Gasteiger partial charge >= 0.3 is 0 Å². The average molecular weight is 275 g/mol. The number of rotatable bonds is 6. The molecule has 0 aliphatic carbocycles. The van der Waals surface area contributed by atoms with Crippen molar-refractivity contribution in [3.8, 4) is 5.75 Å². The van der Waals surface area contributed by atoms with Crippen LogP contribution in [0, 0.1) is 13.8 Å². The van der Waals surface area contributed by atoms with Crippen LogP contribution in [0.25, 0.3) is 0 Å². The van der Waals surface area contributed by atoms with Crippen molar-refractivity contribution in [3.05, 3.63) is 53.0 Å². The first-order valence-electron chi connectivity index (χ1n) is 6.67. The molecule has 4 heteroatoms. The molecule has 0 aliphatic heterocycles. The van der Waals surface area contributed by atoms with Crippen molar-refractivity contribution in [1.82, 2.24) is 5.32 Å².